The zero-order valence-electron chi connectivity index (χ0n) is 11.8. The Morgan fingerprint density at radius 2 is 2.17 bits per heavy atom. The highest BCUT2D eigenvalue weighted by Crippen LogP contribution is 2.17. The van der Waals surface area contributed by atoms with E-state index in [-0.39, 0.29) is 18.6 Å². The number of amides is 1. The van der Waals surface area contributed by atoms with Crippen molar-refractivity contribution in [3.63, 3.8) is 0 Å². The molecule has 106 valence electrons. The third kappa shape index (κ3) is 4.58. The largest absolute Gasteiger partial charge is 0.395 e. The number of nitrogens with one attached hydrogen (secondary N) is 1. The minimum absolute atomic E-state index is 0.0627. The van der Waals surface area contributed by atoms with Gasteiger partial charge >= 0.3 is 0 Å². The predicted molar refractivity (Wildman–Crippen MR) is 73.4 cm³/mol. The van der Waals surface area contributed by atoms with Crippen molar-refractivity contribution in [2.75, 3.05) is 26.2 Å². The van der Waals surface area contributed by atoms with Gasteiger partial charge in [-0.2, -0.15) is 0 Å². The number of aliphatic hydroxyl groups is 1. The van der Waals surface area contributed by atoms with Crippen LogP contribution < -0.4 is 5.32 Å². The maximum atomic E-state index is 12.2. The number of aliphatic hydroxyl groups excluding tert-OH is 1. The van der Waals surface area contributed by atoms with E-state index >= 15 is 0 Å². The summed E-state index contributed by atoms with van der Waals surface area (Å²) in [6, 6.07) is 0.284. The first-order chi connectivity index (χ1) is 8.72. The second-order valence-corrected chi connectivity index (χ2v) is 5.18. The molecule has 1 amide bonds. The molecule has 0 radical (unpaired) electrons. The van der Waals surface area contributed by atoms with Crippen molar-refractivity contribution in [1.29, 1.82) is 0 Å². The van der Waals surface area contributed by atoms with Crippen LogP contribution >= 0.6 is 0 Å². The topological polar surface area (TPSA) is 52.6 Å². The van der Waals surface area contributed by atoms with Gasteiger partial charge in [-0.3, -0.25) is 4.79 Å². The third-order valence-electron chi connectivity index (χ3n) is 3.97. The number of rotatable bonds is 8. The molecule has 2 N–H and O–H groups in total. The lowest BCUT2D eigenvalue weighted by molar-refractivity contribution is -0.134. The number of hydrogen-bond acceptors (Lipinski definition) is 3. The van der Waals surface area contributed by atoms with Gasteiger partial charge in [0.1, 0.15) is 0 Å². The first kappa shape index (κ1) is 15.4. The Morgan fingerprint density at radius 1 is 1.44 bits per heavy atom. The average Bonchev–Trinajstić information content (AvgIpc) is 2.89. The van der Waals surface area contributed by atoms with Crippen LogP contribution in [-0.2, 0) is 4.79 Å². The molecule has 1 saturated heterocycles. The van der Waals surface area contributed by atoms with Gasteiger partial charge in [0.05, 0.1) is 6.61 Å². The summed E-state index contributed by atoms with van der Waals surface area (Å²) in [4.78, 5) is 14.1. The lowest BCUT2D eigenvalue weighted by Gasteiger charge is -2.30. The van der Waals surface area contributed by atoms with Gasteiger partial charge in [-0.1, -0.05) is 13.8 Å². The van der Waals surface area contributed by atoms with Gasteiger partial charge in [0.2, 0.25) is 5.91 Å². The quantitative estimate of drug-likeness (QED) is 0.690. The Kier molecular flexibility index (Phi) is 7.28. The Bertz CT molecular complexity index is 236. The smallest absolute Gasteiger partial charge is 0.222 e. The molecule has 0 spiro atoms. The first-order valence-electron chi connectivity index (χ1n) is 7.33. The van der Waals surface area contributed by atoms with E-state index in [1.807, 2.05) is 4.90 Å². The van der Waals surface area contributed by atoms with E-state index in [0.717, 1.165) is 32.4 Å². The Hall–Kier alpha value is -0.610. The third-order valence-corrected chi connectivity index (χ3v) is 3.97. The Labute approximate surface area is 111 Å². The summed E-state index contributed by atoms with van der Waals surface area (Å²) >= 11 is 0. The van der Waals surface area contributed by atoms with Crippen LogP contribution in [0.4, 0.5) is 0 Å². The van der Waals surface area contributed by atoms with Crippen LogP contribution in [0.25, 0.3) is 0 Å². The van der Waals surface area contributed by atoms with Gasteiger partial charge in [0.15, 0.2) is 0 Å². The molecule has 1 aliphatic rings. The molecule has 0 bridgehead atoms. The molecule has 0 aromatic rings. The molecular weight excluding hydrogens is 228 g/mol. The van der Waals surface area contributed by atoms with E-state index in [1.165, 1.54) is 6.42 Å². The van der Waals surface area contributed by atoms with Crippen LogP contribution in [0.5, 0.6) is 0 Å². The summed E-state index contributed by atoms with van der Waals surface area (Å²) in [6.45, 7) is 6.89. The maximum Gasteiger partial charge on any atom is 0.222 e. The Morgan fingerprint density at radius 3 is 2.67 bits per heavy atom. The molecule has 18 heavy (non-hydrogen) atoms. The molecule has 0 saturated carbocycles. The second kappa shape index (κ2) is 8.48. The zero-order valence-corrected chi connectivity index (χ0v) is 11.8. The van der Waals surface area contributed by atoms with Gasteiger partial charge < -0.3 is 15.3 Å². The molecular formula is C14H28N2O2. The maximum absolute atomic E-state index is 12.2. The highest BCUT2D eigenvalue weighted by Gasteiger charge is 2.22. The minimum Gasteiger partial charge on any atom is -0.395 e. The van der Waals surface area contributed by atoms with Crippen molar-refractivity contribution >= 4 is 5.91 Å². The van der Waals surface area contributed by atoms with Crippen LogP contribution in [0.3, 0.4) is 0 Å². The van der Waals surface area contributed by atoms with E-state index in [9.17, 15) is 4.79 Å². The van der Waals surface area contributed by atoms with Gasteiger partial charge in [-0.15, -0.1) is 0 Å². The predicted octanol–water partition coefficient (Wildman–Crippen LogP) is 1.39. The molecule has 1 heterocycles. The number of hydrogen-bond donors (Lipinski definition) is 2. The average molecular weight is 256 g/mol. The molecule has 4 nitrogen and oxygen atoms in total. The number of carbonyl (C=O) groups is 1. The summed E-state index contributed by atoms with van der Waals surface area (Å²) in [5.41, 5.74) is 0. The van der Waals surface area contributed by atoms with Gasteiger partial charge in [0.25, 0.3) is 0 Å². The first-order valence-corrected chi connectivity index (χ1v) is 7.33. The zero-order chi connectivity index (χ0) is 13.4. The van der Waals surface area contributed by atoms with Crippen molar-refractivity contribution < 1.29 is 9.90 Å². The monoisotopic (exact) mass is 256 g/mol. The van der Waals surface area contributed by atoms with Crippen LogP contribution in [0.1, 0.15) is 46.0 Å². The van der Waals surface area contributed by atoms with Crippen molar-refractivity contribution in [3.05, 3.63) is 0 Å². The molecule has 1 fully saturated rings. The normalized spacial score (nSPS) is 19.4. The summed E-state index contributed by atoms with van der Waals surface area (Å²) in [6.07, 6.45) is 4.73. The standard InChI is InChI=1S/C14H28N2O2/c1-3-13(4-2)16(9-10-17)14(18)6-5-12-7-8-15-11-12/h12-13,15,17H,3-11H2,1-2H3. The van der Waals surface area contributed by atoms with E-state index < -0.39 is 0 Å². The summed E-state index contributed by atoms with van der Waals surface area (Å²) in [5, 5.41) is 12.4. The summed E-state index contributed by atoms with van der Waals surface area (Å²) in [5.74, 6) is 0.872. The van der Waals surface area contributed by atoms with Crippen LogP contribution in [0, 0.1) is 5.92 Å². The number of nitrogens with zero attached hydrogens (tertiary/aromatic N) is 1. The Balaban J connectivity index is 2.42. The van der Waals surface area contributed by atoms with E-state index in [1.54, 1.807) is 0 Å². The minimum atomic E-state index is 0.0627. The fraction of sp³-hybridized carbons (Fsp3) is 0.929. The van der Waals surface area contributed by atoms with Gasteiger partial charge in [-0.05, 0) is 44.7 Å². The van der Waals surface area contributed by atoms with E-state index in [0.29, 0.717) is 18.9 Å². The summed E-state index contributed by atoms with van der Waals surface area (Å²) < 4.78 is 0. The highest BCUT2D eigenvalue weighted by atomic mass is 16.3. The molecule has 1 aliphatic heterocycles. The van der Waals surface area contributed by atoms with Crippen molar-refractivity contribution in [3.8, 4) is 0 Å². The molecule has 0 aromatic carbocycles. The lowest BCUT2D eigenvalue weighted by Crippen LogP contribution is -2.41. The summed E-state index contributed by atoms with van der Waals surface area (Å²) in [7, 11) is 0. The van der Waals surface area contributed by atoms with Crippen molar-refractivity contribution in [2.24, 2.45) is 5.92 Å². The highest BCUT2D eigenvalue weighted by molar-refractivity contribution is 5.76. The fourth-order valence-electron chi connectivity index (χ4n) is 2.78. The van der Waals surface area contributed by atoms with Gasteiger partial charge in [-0.25, -0.2) is 0 Å². The SMILES string of the molecule is CCC(CC)N(CCO)C(=O)CCC1CCNC1. The van der Waals surface area contributed by atoms with Gasteiger partial charge in [0, 0.05) is 19.0 Å². The second-order valence-electron chi connectivity index (χ2n) is 5.18. The molecule has 1 rings (SSSR count). The van der Waals surface area contributed by atoms with Crippen LogP contribution in [-0.4, -0.2) is 48.2 Å². The molecule has 1 unspecified atom stereocenters. The molecule has 0 aliphatic carbocycles. The lowest BCUT2D eigenvalue weighted by atomic mass is 10.0. The van der Waals surface area contributed by atoms with E-state index in [2.05, 4.69) is 19.2 Å². The van der Waals surface area contributed by atoms with Crippen LogP contribution in [0.2, 0.25) is 0 Å². The molecule has 4 heteroatoms. The van der Waals surface area contributed by atoms with Crippen molar-refractivity contribution in [2.45, 2.75) is 52.0 Å². The molecule has 0 aromatic heterocycles. The van der Waals surface area contributed by atoms with Crippen LogP contribution in [0.15, 0.2) is 0 Å². The fourth-order valence-corrected chi connectivity index (χ4v) is 2.78. The molecule has 1 atom stereocenters. The number of carbonyl (C=O) groups excluding carboxylic acids is 1. The van der Waals surface area contributed by atoms with Crippen molar-refractivity contribution in [1.82, 2.24) is 10.2 Å². The van der Waals surface area contributed by atoms with E-state index in [4.69, 9.17) is 5.11 Å².